The van der Waals surface area contributed by atoms with Crippen molar-refractivity contribution in [3.63, 3.8) is 0 Å². The van der Waals surface area contributed by atoms with Crippen LogP contribution in [0.25, 0.3) is 11.4 Å². The molecule has 2 N–H and O–H groups in total. The van der Waals surface area contributed by atoms with Gasteiger partial charge in [0.2, 0.25) is 0 Å². The predicted octanol–water partition coefficient (Wildman–Crippen LogP) is 4.04. The number of carbonyl (C=O) groups is 1. The Labute approximate surface area is 216 Å². The van der Waals surface area contributed by atoms with Crippen molar-refractivity contribution in [2.75, 3.05) is 19.3 Å². The largest absolute Gasteiger partial charge is 0.335 e. The Morgan fingerprint density at radius 3 is 2.58 bits per heavy atom. The first-order chi connectivity index (χ1) is 17.2. The molecule has 36 heavy (non-hydrogen) atoms. The van der Waals surface area contributed by atoms with Gasteiger partial charge in [0.15, 0.2) is 15.7 Å². The molecule has 0 saturated heterocycles. The quantitative estimate of drug-likeness (QED) is 0.540. The van der Waals surface area contributed by atoms with Crippen LogP contribution in [0.2, 0.25) is 5.02 Å². The summed E-state index contributed by atoms with van der Waals surface area (Å²) in [5.41, 5.74) is 9.16. The molecule has 0 radical (unpaired) electrons. The number of nitrogens with zero attached hydrogens (tertiary/aromatic N) is 3. The normalized spacial score (nSPS) is 22.4. The van der Waals surface area contributed by atoms with Crippen LogP contribution in [0.4, 0.5) is 0 Å². The Balaban J connectivity index is 1.33. The molecular formula is C27H29ClN4O3S. The van der Waals surface area contributed by atoms with Gasteiger partial charge in [-0.05, 0) is 55.5 Å². The number of benzene rings is 2. The fraction of sp³-hybridized carbons (Fsp3) is 0.370. The maximum atomic E-state index is 13.4. The lowest BCUT2D eigenvalue weighted by molar-refractivity contribution is 0.0572. The van der Waals surface area contributed by atoms with Gasteiger partial charge >= 0.3 is 0 Å². The standard InChI is InChI=1S/C27H29ClN4O3S/c1-36(34,35)22-7-2-4-18(14-22)25-30-16-23-24(31-25)10-13-32(26(23)33)21-8-11-27(17-29,12-9-21)19-5-3-6-20(28)15-19/h2-7,14-16,21H,8-13,17,29H2,1H3. The Bertz CT molecular complexity index is 1420. The van der Waals surface area contributed by atoms with Gasteiger partial charge in [-0.2, -0.15) is 0 Å². The van der Waals surface area contributed by atoms with Crippen molar-refractivity contribution in [2.45, 2.75) is 48.5 Å². The third-order valence-corrected chi connectivity index (χ3v) is 8.99. The molecule has 9 heteroatoms. The molecule has 2 aromatic carbocycles. The lowest BCUT2D eigenvalue weighted by atomic mass is 9.68. The number of hydrogen-bond acceptors (Lipinski definition) is 6. The zero-order valence-electron chi connectivity index (χ0n) is 20.2. The van der Waals surface area contributed by atoms with E-state index in [1.807, 2.05) is 23.1 Å². The minimum atomic E-state index is -3.34. The first kappa shape index (κ1) is 24.9. The summed E-state index contributed by atoms with van der Waals surface area (Å²) in [6, 6.07) is 14.7. The lowest BCUT2D eigenvalue weighted by Gasteiger charge is -2.44. The number of sulfone groups is 1. The van der Waals surface area contributed by atoms with E-state index in [9.17, 15) is 13.2 Å². The van der Waals surface area contributed by atoms with Crippen LogP contribution in [0, 0.1) is 0 Å². The number of aromatic nitrogens is 2. The van der Waals surface area contributed by atoms with Gasteiger partial charge in [0.1, 0.15) is 0 Å². The van der Waals surface area contributed by atoms with Gasteiger partial charge in [-0.15, -0.1) is 0 Å². The van der Waals surface area contributed by atoms with Crippen LogP contribution in [0.1, 0.15) is 47.3 Å². The zero-order valence-corrected chi connectivity index (χ0v) is 21.7. The van der Waals surface area contributed by atoms with Gasteiger partial charge < -0.3 is 10.6 Å². The van der Waals surface area contributed by atoms with E-state index in [2.05, 4.69) is 16.0 Å². The highest BCUT2D eigenvalue weighted by molar-refractivity contribution is 7.90. The molecule has 188 valence electrons. The van der Waals surface area contributed by atoms with Crippen LogP contribution < -0.4 is 5.73 Å². The van der Waals surface area contributed by atoms with Gasteiger partial charge in [-0.25, -0.2) is 18.4 Å². The molecule has 0 spiro atoms. The van der Waals surface area contributed by atoms with Gasteiger partial charge in [-0.3, -0.25) is 4.79 Å². The van der Waals surface area contributed by atoms with Crippen LogP contribution >= 0.6 is 11.6 Å². The highest BCUT2D eigenvalue weighted by atomic mass is 35.5. The average molecular weight is 525 g/mol. The summed E-state index contributed by atoms with van der Waals surface area (Å²) in [4.78, 5) is 24.7. The highest BCUT2D eigenvalue weighted by Gasteiger charge is 2.40. The summed E-state index contributed by atoms with van der Waals surface area (Å²) >= 11 is 6.25. The van der Waals surface area contributed by atoms with Crippen molar-refractivity contribution in [1.29, 1.82) is 0 Å². The Hall–Kier alpha value is -2.81. The van der Waals surface area contributed by atoms with Crippen molar-refractivity contribution in [2.24, 2.45) is 5.73 Å². The van der Waals surface area contributed by atoms with E-state index in [1.165, 1.54) is 11.8 Å². The van der Waals surface area contributed by atoms with Crippen LogP contribution in [0.3, 0.4) is 0 Å². The molecule has 0 atom stereocenters. The van der Waals surface area contributed by atoms with E-state index in [4.69, 9.17) is 17.3 Å². The topological polar surface area (TPSA) is 106 Å². The molecule has 0 bridgehead atoms. The van der Waals surface area contributed by atoms with E-state index in [-0.39, 0.29) is 22.3 Å². The Morgan fingerprint density at radius 1 is 1.14 bits per heavy atom. The molecule has 1 fully saturated rings. The van der Waals surface area contributed by atoms with Crippen molar-refractivity contribution < 1.29 is 13.2 Å². The molecular weight excluding hydrogens is 496 g/mol. The highest BCUT2D eigenvalue weighted by Crippen LogP contribution is 2.41. The number of carbonyl (C=O) groups excluding carboxylic acids is 1. The van der Waals surface area contributed by atoms with Gasteiger partial charge in [0.05, 0.1) is 16.2 Å². The van der Waals surface area contributed by atoms with Crippen molar-refractivity contribution >= 4 is 27.3 Å². The summed E-state index contributed by atoms with van der Waals surface area (Å²) in [7, 11) is -3.34. The van der Waals surface area contributed by atoms with Crippen molar-refractivity contribution in [3.05, 3.63) is 76.6 Å². The van der Waals surface area contributed by atoms with Gasteiger partial charge in [0, 0.05) is 54.0 Å². The smallest absolute Gasteiger partial charge is 0.257 e. The molecule has 0 unspecified atom stereocenters. The SMILES string of the molecule is CS(=O)(=O)c1cccc(-c2ncc3c(n2)CCN(C2CCC(CN)(c4cccc(Cl)c4)CC2)C3=O)c1. The first-order valence-electron chi connectivity index (χ1n) is 12.1. The van der Waals surface area contributed by atoms with Crippen LogP contribution in [0.15, 0.2) is 59.6 Å². The molecule has 1 saturated carbocycles. The summed E-state index contributed by atoms with van der Waals surface area (Å²) in [5, 5.41) is 0.715. The minimum absolute atomic E-state index is 0.0410. The lowest BCUT2D eigenvalue weighted by Crippen LogP contribution is -2.49. The van der Waals surface area contributed by atoms with Crippen molar-refractivity contribution in [1.82, 2.24) is 14.9 Å². The second-order valence-electron chi connectivity index (χ2n) is 9.83. The molecule has 1 aliphatic heterocycles. The fourth-order valence-corrected chi connectivity index (χ4v) is 6.38. The third-order valence-electron chi connectivity index (χ3n) is 7.65. The summed E-state index contributed by atoms with van der Waals surface area (Å²) in [6.45, 7) is 1.15. The average Bonchev–Trinajstić information content (AvgIpc) is 2.88. The van der Waals surface area contributed by atoms with Crippen molar-refractivity contribution in [3.8, 4) is 11.4 Å². The molecule has 2 aliphatic rings. The zero-order chi connectivity index (χ0) is 25.5. The maximum absolute atomic E-state index is 13.4. The molecule has 3 aromatic rings. The molecule has 2 heterocycles. The first-order valence-corrected chi connectivity index (χ1v) is 14.4. The number of nitrogens with two attached hydrogens (primary N) is 1. The van der Waals surface area contributed by atoms with E-state index in [0.717, 1.165) is 25.7 Å². The Kier molecular flexibility index (Phi) is 6.61. The maximum Gasteiger partial charge on any atom is 0.257 e. The molecule has 1 aliphatic carbocycles. The monoisotopic (exact) mass is 524 g/mol. The van der Waals surface area contributed by atoms with Gasteiger partial charge in [-0.1, -0.05) is 35.9 Å². The van der Waals surface area contributed by atoms with E-state index in [1.54, 1.807) is 30.5 Å². The second kappa shape index (κ2) is 9.57. The number of fused-ring (bicyclic) bond motifs is 1. The molecule has 5 rings (SSSR count). The fourth-order valence-electron chi connectivity index (χ4n) is 5.52. The number of hydrogen-bond donors (Lipinski definition) is 1. The second-order valence-corrected chi connectivity index (χ2v) is 12.3. The summed E-state index contributed by atoms with van der Waals surface area (Å²) < 4.78 is 23.9. The molecule has 7 nitrogen and oxygen atoms in total. The van der Waals surface area contributed by atoms with E-state index >= 15 is 0 Å². The minimum Gasteiger partial charge on any atom is -0.335 e. The third kappa shape index (κ3) is 4.65. The van der Waals surface area contributed by atoms with Crippen LogP contribution in [-0.2, 0) is 21.7 Å². The molecule has 1 aromatic heterocycles. The number of amides is 1. The van der Waals surface area contributed by atoms with E-state index in [0.29, 0.717) is 47.2 Å². The van der Waals surface area contributed by atoms with Crippen LogP contribution in [0.5, 0.6) is 0 Å². The van der Waals surface area contributed by atoms with Gasteiger partial charge in [0.25, 0.3) is 5.91 Å². The predicted molar refractivity (Wildman–Crippen MR) is 140 cm³/mol. The van der Waals surface area contributed by atoms with E-state index < -0.39 is 9.84 Å². The number of rotatable bonds is 5. The number of halogens is 1. The summed E-state index contributed by atoms with van der Waals surface area (Å²) in [6.07, 6.45) is 6.94. The molecule has 1 amide bonds. The summed E-state index contributed by atoms with van der Waals surface area (Å²) in [5.74, 6) is 0.383. The Morgan fingerprint density at radius 2 is 1.89 bits per heavy atom. The van der Waals surface area contributed by atoms with Crippen LogP contribution in [-0.4, -0.2) is 54.6 Å².